The molecule has 0 radical (unpaired) electrons. The highest BCUT2D eigenvalue weighted by molar-refractivity contribution is 5.97. The molecule has 3 nitrogen and oxygen atoms in total. The third-order valence-corrected chi connectivity index (χ3v) is 2.20. The molecular formula is C10H12N2O. The van der Waals surface area contributed by atoms with Crippen molar-refractivity contribution in [3.05, 3.63) is 24.3 Å². The van der Waals surface area contributed by atoms with E-state index in [-0.39, 0.29) is 0 Å². The number of aliphatic imine (C=N–C) groups is 1. The Labute approximate surface area is 77.3 Å². The quantitative estimate of drug-likeness (QED) is 0.706. The molecule has 3 heteroatoms. The van der Waals surface area contributed by atoms with Crippen molar-refractivity contribution in [3.63, 3.8) is 0 Å². The number of amidine groups is 1. The lowest BCUT2D eigenvalue weighted by Crippen LogP contribution is -2.24. The summed E-state index contributed by atoms with van der Waals surface area (Å²) in [6.07, 6.45) is 0. The first-order chi connectivity index (χ1) is 6.27. The highest BCUT2D eigenvalue weighted by Gasteiger charge is 2.14. The van der Waals surface area contributed by atoms with Crippen LogP contribution in [0.15, 0.2) is 29.3 Å². The fourth-order valence-electron chi connectivity index (χ4n) is 1.54. The van der Waals surface area contributed by atoms with E-state index in [0.29, 0.717) is 5.75 Å². The van der Waals surface area contributed by atoms with Gasteiger partial charge in [-0.25, -0.2) is 0 Å². The Morgan fingerprint density at radius 2 is 2.31 bits per heavy atom. The summed E-state index contributed by atoms with van der Waals surface area (Å²) in [6, 6.07) is 7.25. The number of rotatable bonds is 1. The second-order valence-electron chi connectivity index (χ2n) is 3.10. The van der Waals surface area contributed by atoms with E-state index in [1.165, 1.54) is 0 Å². The summed E-state index contributed by atoms with van der Waals surface area (Å²) in [5, 5.41) is 9.29. The van der Waals surface area contributed by atoms with E-state index < -0.39 is 0 Å². The van der Waals surface area contributed by atoms with Crippen molar-refractivity contribution in [1.29, 1.82) is 0 Å². The average molecular weight is 176 g/mol. The van der Waals surface area contributed by atoms with Crippen LogP contribution in [0.1, 0.15) is 6.92 Å². The Morgan fingerprint density at radius 3 is 2.92 bits per heavy atom. The number of nitrogens with zero attached hydrogens (tertiary/aromatic N) is 2. The number of benzene rings is 1. The summed E-state index contributed by atoms with van der Waals surface area (Å²) < 4.78 is 0. The van der Waals surface area contributed by atoms with Gasteiger partial charge in [0.1, 0.15) is 11.6 Å². The lowest BCUT2D eigenvalue weighted by molar-refractivity contribution is 0.475. The van der Waals surface area contributed by atoms with E-state index in [4.69, 9.17) is 0 Å². The number of hydrogen-bond donors (Lipinski definition) is 1. The Bertz CT molecular complexity index is 347. The Balaban J connectivity index is 2.30. The van der Waals surface area contributed by atoms with Crippen LogP contribution in [-0.2, 0) is 0 Å². The van der Waals surface area contributed by atoms with Gasteiger partial charge in [0.25, 0.3) is 0 Å². The molecule has 1 N–H and O–H groups in total. The van der Waals surface area contributed by atoms with Crippen molar-refractivity contribution in [2.45, 2.75) is 6.92 Å². The highest BCUT2D eigenvalue weighted by atomic mass is 16.3. The van der Waals surface area contributed by atoms with Crippen LogP contribution >= 0.6 is 0 Å². The molecule has 0 saturated carbocycles. The summed E-state index contributed by atoms with van der Waals surface area (Å²) >= 11 is 0. The van der Waals surface area contributed by atoms with Crippen LogP contribution in [0.2, 0.25) is 0 Å². The third-order valence-electron chi connectivity index (χ3n) is 2.20. The Morgan fingerprint density at radius 1 is 1.46 bits per heavy atom. The zero-order valence-electron chi connectivity index (χ0n) is 7.57. The monoisotopic (exact) mass is 176 g/mol. The molecule has 2 rings (SSSR count). The molecule has 0 spiro atoms. The predicted octanol–water partition coefficient (Wildman–Crippen LogP) is 1.63. The molecule has 1 aliphatic rings. The zero-order chi connectivity index (χ0) is 9.26. The van der Waals surface area contributed by atoms with Gasteiger partial charge in [0.05, 0.1) is 6.54 Å². The first kappa shape index (κ1) is 8.10. The molecule has 1 aromatic rings. The standard InChI is InChI=1S/C10H12N2O/c1-8-11-5-6-12(8)9-3-2-4-10(13)7-9/h2-4,7,13H,5-6H2,1H3. The van der Waals surface area contributed by atoms with Crippen LogP contribution in [0.25, 0.3) is 0 Å². The van der Waals surface area contributed by atoms with E-state index in [2.05, 4.69) is 9.89 Å². The maximum Gasteiger partial charge on any atom is 0.117 e. The normalized spacial score (nSPS) is 16.1. The van der Waals surface area contributed by atoms with E-state index in [0.717, 1.165) is 24.6 Å². The molecular weight excluding hydrogens is 164 g/mol. The van der Waals surface area contributed by atoms with Crippen molar-refractivity contribution in [3.8, 4) is 5.75 Å². The van der Waals surface area contributed by atoms with Crippen molar-refractivity contribution >= 4 is 11.5 Å². The minimum Gasteiger partial charge on any atom is -0.508 e. The highest BCUT2D eigenvalue weighted by Crippen LogP contribution is 2.21. The average Bonchev–Trinajstić information content (AvgIpc) is 2.51. The topological polar surface area (TPSA) is 35.8 Å². The number of phenolic OH excluding ortho intramolecular Hbond substituents is 1. The van der Waals surface area contributed by atoms with Gasteiger partial charge in [0, 0.05) is 18.3 Å². The smallest absolute Gasteiger partial charge is 0.117 e. The number of phenols is 1. The summed E-state index contributed by atoms with van der Waals surface area (Å²) in [5.41, 5.74) is 1.01. The van der Waals surface area contributed by atoms with Crippen LogP contribution in [0.4, 0.5) is 5.69 Å². The number of aromatic hydroxyl groups is 1. The second kappa shape index (κ2) is 3.09. The van der Waals surface area contributed by atoms with Crippen LogP contribution in [-0.4, -0.2) is 24.0 Å². The van der Waals surface area contributed by atoms with Gasteiger partial charge in [0.2, 0.25) is 0 Å². The van der Waals surface area contributed by atoms with Gasteiger partial charge in [0.15, 0.2) is 0 Å². The lowest BCUT2D eigenvalue weighted by atomic mass is 10.2. The molecule has 1 heterocycles. The van der Waals surface area contributed by atoms with E-state index in [1.807, 2.05) is 19.1 Å². The van der Waals surface area contributed by atoms with Gasteiger partial charge in [-0.1, -0.05) is 6.07 Å². The second-order valence-corrected chi connectivity index (χ2v) is 3.10. The van der Waals surface area contributed by atoms with Crippen molar-refractivity contribution < 1.29 is 5.11 Å². The van der Waals surface area contributed by atoms with Crippen molar-refractivity contribution in [1.82, 2.24) is 0 Å². The molecule has 0 unspecified atom stereocenters. The molecule has 0 aromatic heterocycles. The SMILES string of the molecule is CC1=NCCN1c1cccc(O)c1. The van der Waals surface area contributed by atoms with E-state index >= 15 is 0 Å². The molecule has 0 amide bonds. The summed E-state index contributed by atoms with van der Waals surface area (Å²) in [5.74, 6) is 1.32. The van der Waals surface area contributed by atoms with Crippen LogP contribution in [0.3, 0.4) is 0 Å². The Kier molecular flexibility index (Phi) is 1.93. The molecule has 0 atom stereocenters. The molecule has 0 bridgehead atoms. The molecule has 1 aliphatic heterocycles. The summed E-state index contributed by atoms with van der Waals surface area (Å²) in [6.45, 7) is 3.74. The molecule has 0 aliphatic carbocycles. The lowest BCUT2D eigenvalue weighted by Gasteiger charge is -2.17. The maximum atomic E-state index is 9.29. The number of anilines is 1. The first-order valence-corrected chi connectivity index (χ1v) is 4.35. The minimum absolute atomic E-state index is 0.303. The summed E-state index contributed by atoms with van der Waals surface area (Å²) in [7, 11) is 0. The maximum absolute atomic E-state index is 9.29. The van der Waals surface area contributed by atoms with E-state index in [1.54, 1.807) is 12.1 Å². The van der Waals surface area contributed by atoms with Crippen molar-refractivity contribution in [2.24, 2.45) is 4.99 Å². The molecule has 68 valence electrons. The van der Waals surface area contributed by atoms with Crippen molar-refractivity contribution in [2.75, 3.05) is 18.0 Å². The van der Waals surface area contributed by atoms with Crippen LogP contribution in [0, 0.1) is 0 Å². The zero-order valence-corrected chi connectivity index (χ0v) is 7.57. The van der Waals surface area contributed by atoms with Crippen LogP contribution in [0.5, 0.6) is 5.75 Å². The van der Waals surface area contributed by atoms with Gasteiger partial charge < -0.3 is 10.0 Å². The van der Waals surface area contributed by atoms with E-state index in [9.17, 15) is 5.11 Å². The predicted molar refractivity (Wildman–Crippen MR) is 53.4 cm³/mol. The largest absolute Gasteiger partial charge is 0.508 e. The van der Waals surface area contributed by atoms with Crippen LogP contribution < -0.4 is 4.90 Å². The first-order valence-electron chi connectivity index (χ1n) is 4.35. The minimum atomic E-state index is 0.303. The molecule has 0 saturated heterocycles. The Hall–Kier alpha value is -1.51. The molecule has 0 fully saturated rings. The third kappa shape index (κ3) is 1.49. The van der Waals surface area contributed by atoms with Gasteiger partial charge >= 0.3 is 0 Å². The van der Waals surface area contributed by atoms with Gasteiger partial charge in [-0.2, -0.15) is 0 Å². The van der Waals surface area contributed by atoms with Gasteiger partial charge in [-0.3, -0.25) is 4.99 Å². The fourth-order valence-corrected chi connectivity index (χ4v) is 1.54. The molecule has 13 heavy (non-hydrogen) atoms. The fraction of sp³-hybridized carbons (Fsp3) is 0.300. The number of hydrogen-bond acceptors (Lipinski definition) is 3. The molecule has 1 aromatic carbocycles. The van der Waals surface area contributed by atoms with Gasteiger partial charge in [-0.05, 0) is 19.1 Å². The summed E-state index contributed by atoms with van der Waals surface area (Å²) in [4.78, 5) is 6.38. The van der Waals surface area contributed by atoms with Gasteiger partial charge in [-0.15, -0.1) is 0 Å².